The molecule has 1 fully saturated rings. The number of hydrogen-bond acceptors (Lipinski definition) is 5. The van der Waals surface area contributed by atoms with Gasteiger partial charge in [0, 0.05) is 64.0 Å². The second-order valence-electron chi connectivity index (χ2n) is 7.71. The number of rotatable bonds is 7. The smallest absolute Gasteiger partial charge is 0.221 e. The van der Waals surface area contributed by atoms with Crippen molar-refractivity contribution in [1.82, 2.24) is 20.1 Å². The molecular weight excluding hydrogens is 350 g/mol. The first-order valence-electron chi connectivity index (χ1n) is 9.87. The highest BCUT2D eigenvalue weighted by Gasteiger charge is 2.24. The molecule has 6 heteroatoms. The Bertz CT molecular complexity index is 767. The zero-order valence-electron chi connectivity index (χ0n) is 17.1. The minimum absolute atomic E-state index is 0.0904. The number of nitrogens with one attached hydrogen (secondary N) is 1. The van der Waals surface area contributed by atoms with Crippen molar-refractivity contribution >= 4 is 11.7 Å². The molecule has 0 radical (unpaired) electrons. The Labute approximate surface area is 168 Å². The summed E-state index contributed by atoms with van der Waals surface area (Å²) in [6.07, 6.45) is 2.32. The molecule has 2 heterocycles. The van der Waals surface area contributed by atoms with Gasteiger partial charge in [-0.05, 0) is 25.7 Å². The number of hydrogen-bond donors (Lipinski definition) is 1. The van der Waals surface area contributed by atoms with Crippen LogP contribution in [0, 0.1) is 0 Å². The van der Waals surface area contributed by atoms with Gasteiger partial charge in [-0.15, -0.1) is 0 Å². The van der Waals surface area contributed by atoms with Crippen molar-refractivity contribution < 1.29 is 4.79 Å². The van der Waals surface area contributed by atoms with Gasteiger partial charge in [0.1, 0.15) is 5.82 Å². The lowest BCUT2D eigenvalue weighted by molar-refractivity contribution is -0.122. The van der Waals surface area contributed by atoms with Crippen LogP contribution in [0.4, 0.5) is 5.82 Å². The fourth-order valence-electron chi connectivity index (χ4n) is 3.65. The van der Waals surface area contributed by atoms with E-state index in [4.69, 9.17) is 0 Å². The lowest BCUT2D eigenvalue weighted by Gasteiger charge is -2.37. The summed E-state index contributed by atoms with van der Waals surface area (Å²) in [5.74, 6) is 0.994. The van der Waals surface area contributed by atoms with Crippen molar-refractivity contribution in [2.45, 2.75) is 25.6 Å². The number of piperazine rings is 1. The lowest BCUT2D eigenvalue weighted by Crippen LogP contribution is -2.51. The molecule has 0 saturated carbocycles. The van der Waals surface area contributed by atoms with Crippen molar-refractivity contribution in [3.8, 4) is 0 Å². The van der Waals surface area contributed by atoms with Crippen LogP contribution in [0.2, 0.25) is 0 Å². The van der Waals surface area contributed by atoms with Gasteiger partial charge in [-0.1, -0.05) is 36.4 Å². The quantitative estimate of drug-likeness (QED) is 0.795. The number of pyridine rings is 1. The van der Waals surface area contributed by atoms with E-state index in [0.717, 1.165) is 37.6 Å². The van der Waals surface area contributed by atoms with Gasteiger partial charge in [0.05, 0.1) is 0 Å². The average molecular weight is 382 g/mol. The molecular formula is C22H31N5O. The van der Waals surface area contributed by atoms with Crippen LogP contribution in [0.1, 0.15) is 17.5 Å². The minimum Gasteiger partial charge on any atom is -0.355 e. The number of nitrogens with zero attached hydrogens (tertiary/aromatic N) is 4. The van der Waals surface area contributed by atoms with E-state index in [2.05, 4.69) is 51.2 Å². The topological polar surface area (TPSA) is 51.7 Å². The molecule has 1 amide bonds. The van der Waals surface area contributed by atoms with E-state index in [1.165, 1.54) is 5.56 Å². The maximum Gasteiger partial charge on any atom is 0.221 e. The fourth-order valence-corrected chi connectivity index (χ4v) is 3.65. The second kappa shape index (κ2) is 9.66. The normalized spacial score (nSPS) is 18.0. The standard InChI is InChI=1S/C22H31N5O/c1-25-12-13-26(2)20(17-25)14-21(28)24-15-19-10-7-11-23-22(19)27(3)16-18-8-5-4-6-9-18/h4-11,20H,12-17H2,1-3H3,(H,24,28)/t20-/m1/s1. The zero-order chi connectivity index (χ0) is 19.9. The molecule has 1 aromatic heterocycles. The summed E-state index contributed by atoms with van der Waals surface area (Å²) in [4.78, 5) is 23.8. The molecule has 1 N–H and O–H groups in total. The van der Waals surface area contributed by atoms with Gasteiger partial charge >= 0.3 is 0 Å². The first-order chi connectivity index (χ1) is 13.5. The largest absolute Gasteiger partial charge is 0.355 e. The Kier molecular flexibility index (Phi) is 7.01. The van der Waals surface area contributed by atoms with E-state index in [1.807, 2.05) is 37.4 Å². The van der Waals surface area contributed by atoms with Gasteiger partial charge in [-0.3, -0.25) is 4.79 Å². The predicted octanol–water partition coefficient (Wildman–Crippen LogP) is 1.97. The maximum atomic E-state index is 12.5. The fraction of sp³-hybridized carbons (Fsp3) is 0.455. The second-order valence-corrected chi connectivity index (χ2v) is 7.71. The van der Waals surface area contributed by atoms with E-state index < -0.39 is 0 Å². The van der Waals surface area contributed by atoms with E-state index in [1.54, 1.807) is 6.20 Å². The van der Waals surface area contributed by atoms with Crippen LogP contribution in [0.3, 0.4) is 0 Å². The predicted molar refractivity (Wildman–Crippen MR) is 113 cm³/mol. The Morgan fingerprint density at radius 1 is 1.18 bits per heavy atom. The number of carbonyl (C=O) groups is 1. The van der Waals surface area contributed by atoms with Crippen LogP contribution >= 0.6 is 0 Å². The van der Waals surface area contributed by atoms with Gasteiger partial charge in [0.15, 0.2) is 0 Å². The number of aromatic nitrogens is 1. The molecule has 6 nitrogen and oxygen atoms in total. The van der Waals surface area contributed by atoms with E-state index >= 15 is 0 Å². The Hall–Kier alpha value is -2.44. The molecule has 2 aromatic rings. The summed E-state index contributed by atoms with van der Waals surface area (Å²) in [6.45, 7) is 4.26. The Morgan fingerprint density at radius 2 is 1.96 bits per heavy atom. The number of anilines is 1. The van der Waals surface area contributed by atoms with Gasteiger partial charge < -0.3 is 20.0 Å². The summed E-state index contributed by atoms with van der Waals surface area (Å²) in [5.41, 5.74) is 2.26. The van der Waals surface area contributed by atoms with Crippen LogP contribution in [-0.4, -0.2) is 67.5 Å². The zero-order valence-corrected chi connectivity index (χ0v) is 17.1. The van der Waals surface area contributed by atoms with Crippen molar-refractivity contribution in [3.05, 3.63) is 59.8 Å². The molecule has 1 aliphatic rings. The highest BCUT2D eigenvalue weighted by atomic mass is 16.1. The summed E-state index contributed by atoms with van der Waals surface area (Å²) >= 11 is 0. The average Bonchev–Trinajstić information content (AvgIpc) is 2.70. The van der Waals surface area contributed by atoms with Crippen molar-refractivity contribution in [3.63, 3.8) is 0 Å². The molecule has 1 saturated heterocycles. The Morgan fingerprint density at radius 3 is 2.75 bits per heavy atom. The summed E-state index contributed by atoms with van der Waals surface area (Å²) in [5, 5.41) is 3.09. The van der Waals surface area contributed by atoms with Gasteiger partial charge in [0.2, 0.25) is 5.91 Å². The number of likely N-dealkylation sites (N-methyl/N-ethyl adjacent to an activating group) is 2. The van der Waals surface area contributed by atoms with Crippen molar-refractivity contribution in [1.29, 1.82) is 0 Å². The van der Waals surface area contributed by atoms with Crippen LogP contribution in [-0.2, 0) is 17.9 Å². The minimum atomic E-state index is 0.0904. The van der Waals surface area contributed by atoms with E-state index in [0.29, 0.717) is 13.0 Å². The van der Waals surface area contributed by atoms with Crippen LogP contribution in [0.5, 0.6) is 0 Å². The third-order valence-electron chi connectivity index (χ3n) is 5.37. The van der Waals surface area contributed by atoms with Gasteiger partial charge in [0.25, 0.3) is 0 Å². The lowest BCUT2D eigenvalue weighted by atomic mass is 10.1. The van der Waals surface area contributed by atoms with Gasteiger partial charge in [-0.25, -0.2) is 4.98 Å². The molecule has 1 aromatic carbocycles. The summed E-state index contributed by atoms with van der Waals surface area (Å²) in [6, 6.07) is 14.6. The van der Waals surface area contributed by atoms with Crippen LogP contribution in [0.15, 0.2) is 48.7 Å². The Balaban J connectivity index is 1.58. The molecule has 0 bridgehead atoms. The molecule has 1 aliphatic heterocycles. The maximum absolute atomic E-state index is 12.5. The number of amides is 1. The highest BCUT2D eigenvalue weighted by Crippen LogP contribution is 2.18. The third-order valence-corrected chi connectivity index (χ3v) is 5.37. The van der Waals surface area contributed by atoms with Gasteiger partial charge in [-0.2, -0.15) is 0 Å². The summed E-state index contributed by atoms with van der Waals surface area (Å²) < 4.78 is 0. The molecule has 3 rings (SSSR count). The number of benzene rings is 1. The van der Waals surface area contributed by atoms with E-state index in [-0.39, 0.29) is 11.9 Å². The van der Waals surface area contributed by atoms with E-state index in [9.17, 15) is 4.79 Å². The molecule has 1 atom stereocenters. The first-order valence-corrected chi connectivity index (χ1v) is 9.87. The SMILES string of the molecule is CN1CCN(C)[C@H](CC(=O)NCc2cccnc2N(C)Cc2ccccc2)C1. The van der Waals surface area contributed by atoms with Crippen LogP contribution < -0.4 is 10.2 Å². The molecule has 0 aliphatic carbocycles. The third kappa shape index (κ3) is 5.53. The molecule has 150 valence electrons. The monoisotopic (exact) mass is 381 g/mol. The number of carbonyl (C=O) groups excluding carboxylic acids is 1. The van der Waals surface area contributed by atoms with Crippen molar-refractivity contribution in [2.24, 2.45) is 0 Å². The van der Waals surface area contributed by atoms with Crippen molar-refractivity contribution in [2.75, 3.05) is 45.7 Å². The first kappa shape index (κ1) is 20.3. The molecule has 0 unspecified atom stereocenters. The highest BCUT2D eigenvalue weighted by molar-refractivity contribution is 5.76. The van der Waals surface area contributed by atoms with Crippen LogP contribution in [0.25, 0.3) is 0 Å². The molecule has 28 heavy (non-hydrogen) atoms. The molecule has 0 spiro atoms. The summed E-state index contributed by atoms with van der Waals surface area (Å²) in [7, 11) is 6.25.